The lowest BCUT2D eigenvalue weighted by molar-refractivity contribution is 0.100. The SMILES string of the molecule is NC(=O)c1cccc(-c2ccc(CCCc3ccccc3F)cc2)c1. The van der Waals surface area contributed by atoms with Crippen LogP contribution in [0.15, 0.2) is 72.8 Å². The van der Waals surface area contributed by atoms with E-state index in [4.69, 9.17) is 5.73 Å². The molecule has 0 aromatic heterocycles. The molecule has 2 nitrogen and oxygen atoms in total. The van der Waals surface area contributed by atoms with Gasteiger partial charge >= 0.3 is 0 Å². The maximum atomic E-state index is 13.6. The van der Waals surface area contributed by atoms with Crippen LogP contribution in [0.4, 0.5) is 4.39 Å². The summed E-state index contributed by atoms with van der Waals surface area (Å²) >= 11 is 0. The first kappa shape index (κ1) is 16.9. The van der Waals surface area contributed by atoms with Gasteiger partial charge in [0.2, 0.25) is 5.91 Å². The van der Waals surface area contributed by atoms with Gasteiger partial charge in [-0.3, -0.25) is 4.79 Å². The largest absolute Gasteiger partial charge is 0.366 e. The zero-order valence-electron chi connectivity index (χ0n) is 13.9. The monoisotopic (exact) mass is 333 g/mol. The van der Waals surface area contributed by atoms with Gasteiger partial charge in [0.1, 0.15) is 5.82 Å². The average molecular weight is 333 g/mol. The van der Waals surface area contributed by atoms with Gasteiger partial charge in [0, 0.05) is 5.56 Å². The van der Waals surface area contributed by atoms with E-state index in [1.54, 1.807) is 18.2 Å². The van der Waals surface area contributed by atoms with Crippen molar-refractivity contribution in [1.29, 1.82) is 0 Å². The molecule has 3 aromatic rings. The van der Waals surface area contributed by atoms with Crippen molar-refractivity contribution in [1.82, 2.24) is 0 Å². The highest BCUT2D eigenvalue weighted by molar-refractivity contribution is 5.94. The molecule has 0 aliphatic heterocycles. The average Bonchev–Trinajstić information content (AvgIpc) is 2.64. The van der Waals surface area contributed by atoms with E-state index in [2.05, 4.69) is 12.1 Å². The van der Waals surface area contributed by atoms with E-state index in [1.165, 1.54) is 11.6 Å². The molecule has 25 heavy (non-hydrogen) atoms. The second-order valence-corrected chi connectivity index (χ2v) is 6.09. The Hall–Kier alpha value is -2.94. The molecule has 0 heterocycles. The molecular weight excluding hydrogens is 313 g/mol. The van der Waals surface area contributed by atoms with Crippen LogP contribution in [0.1, 0.15) is 27.9 Å². The lowest BCUT2D eigenvalue weighted by Crippen LogP contribution is -2.10. The maximum Gasteiger partial charge on any atom is 0.248 e. The molecule has 0 bridgehead atoms. The Morgan fingerprint density at radius 2 is 1.60 bits per heavy atom. The smallest absolute Gasteiger partial charge is 0.248 e. The summed E-state index contributed by atoms with van der Waals surface area (Å²) in [5, 5.41) is 0. The molecule has 0 saturated carbocycles. The molecule has 126 valence electrons. The third-order valence-corrected chi connectivity index (χ3v) is 4.30. The topological polar surface area (TPSA) is 43.1 Å². The van der Waals surface area contributed by atoms with Crippen LogP contribution in [0, 0.1) is 5.82 Å². The van der Waals surface area contributed by atoms with E-state index >= 15 is 0 Å². The van der Waals surface area contributed by atoms with Crippen LogP contribution in [0.25, 0.3) is 11.1 Å². The number of amides is 1. The van der Waals surface area contributed by atoms with Gasteiger partial charge < -0.3 is 5.73 Å². The molecule has 0 fully saturated rings. The van der Waals surface area contributed by atoms with Crippen molar-refractivity contribution in [3.05, 3.63) is 95.3 Å². The summed E-state index contributed by atoms with van der Waals surface area (Å²) in [5.41, 5.74) is 9.83. The first-order valence-electron chi connectivity index (χ1n) is 8.36. The van der Waals surface area contributed by atoms with Crippen molar-refractivity contribution >= 4 is 5.91 Å². The van der Waals surface area contributed by atoms with E-state index in [9.17, 15) is 9.18 Å². The van der Waals surface area contributed by atoms with Gasteiger partial charge in [-0.15, -0.1) is 0 Å². The van der Waals surface area contributed by atoms with Crippen molar-refractivity contribution in [2.45, 2.75) is 19.3 Å². The number of aryl methyl sites for hydroxylation is 2. The van der Waals surface area contributed by atoms with Crippen LogP contribution in [0.5, 0.6) is 0 Å². The van der Waals surface area contributed by atoms with Gasteiger partial charge in [0.15, 0.2) is 0 Å². The summed E-state index contributed by atoms with van der Waals surface area (Å²) in [6.07, 6.45) is 2.53. The molecular formula is C22H20FNO. The number of carbonyl (C=O) groups is 1. The lowest BCUT2D eigenvalue weighted by Gasteiger charge is -2.07. The summed E-state index contributed by atoms with van der Waals surface area (Å²) in [6, 6.07) is 22.5. The van der Waals surface area contributed by atoms with E-state index in [0.29, 0.717) is 5.56 Å². The first-order chi connectivity index (χ1) is 12.1. The first-order valence-corrected chi connectivity index (χ1v) is 8.36. The molecule has 0 aliphatic rings. The van der Waals surface area contributed by atoms with Gasteiger partial charge in [0.05, 0.1) is 0 Å². The van der Waals surface area contributed by atoms with Gasteiger partial charge in [-0.05, 0) is 59.7 Å². The van der Waals surface area contributed by atoms with Crippen LogP contribution in [-0.2, 0) is 12.8 Å². The standard InChI is InChI=1S/C22H20FNO/c23-21-10-2-1-6-18(21)7-3-5-16-11-13-17(14-12-16)19-8-4-9-20(15-19)22(24)25/h1-2,4,6,8-15H,3,5,7H2,(H2,24,25). The highest BCUT2D eigenvalue weighted by atomic mass is 19.1. The molecule has 0 aliphatic carbocycles. The number of rotatable bonds is 6. The van der Waals surface area contributed by atoms with Crippen molar-refractivity contribution in [2.75, 3.05) is 0 Å². The van der Waals surface area contributed by atoms with Gasteiger partial charge in [0.25, 0.3) is 0 Å². The number of halogens is 1. The number of hydrogen-bond acceptors (Lipinski definition) is 1. The van der Waals surface area contributed by atoms with Crippen LogP contribution in [0.3, 0.4) is 0 Å². The second kappa shape index (κ2) is 7.75. The third-order valence-electron chi connectivity index (χ3n) is 4.30. The predicted octanol–water partition coefficient (Wildman–Crippen LogP) is 4.77. The fraction of sp³-hybridized carbons (Fsp3) is 0.136. The highest BCUT2D eigenvalue weighted by Crippen LogP contribution is 2.21. The summed E-state index contributed by atoms with van der Waals surface area (Å²) in [4.78, 5) is 11.3. The normalized spacial score (nSPS) is 10.6. The molecule has 0 saturated heterocycles. The van der Waals surface area contributed by atoms with Crippen LogP contribution < -0.4 is 5.73 Å². The molecule has 0 spiro atoms. The highest BCUT2D eigenvalue weighted by Gasteiger charge is 2.04. The van der Waals surface area contributed by atoms with Gasteiger partial charge in [-0.2, -0.15) is 0 Å². The Morgan fingerprint density at radius 3 is 2.32 bits per heavy atom. The number of primary amides is 1. The Morgan fingerprint density at radius 1 is 0.840 bits per heavy atom. The van der Waals surface area contributed by atoms with Crippen molar-refractivity contribution in [2.24, 2.45) is 5.73 Å². The fourth-order valence-electron chi connectivity index (χ4n) is 2.90. The van der Waals surface area contributed by atoms with E-state index in [-0.39, 0.29) is 5.82 Å². The molecule has 3 aromatic carbocycles. The predicted molar refractivity (Wildman–Crippen MR) is 98.8 cm³/mol. The number of benzene rings is 3. The lowest BCUT2D eigenvalue weighted by atomic mass is 9.99. The van der Waals surface area contributed by atoms with Crippen LogP contribution in [-0.4, -0.2) is 5.91 Å². The minimum absolute atomic E-state index is 0.132. The van der Waals surface area contributed by atoms with Crippen molar-refractivity contribution in [3.63, 3.8) is 0 Å². The Bertz CT molecular complexity index is 871. The molecule has 3 heteroatoms. The molecule has 2 N–H and O–H groups in total. The zero-order valence-corrected chi connectivity index (χ0v) is 13.9. The minimum atomic E-state index is -0.424. The Balaban J connectivity index is 1.63. The van der Waals surface area contributed by atoms with Gasteiger partial charge in [-0.25, -0.2) is 4.39 Å². The Kier molecular flexibility index (Phi) is 5.24. The minimum Gasteiger partial charge on any atom is -0.366 e. The molecule has 3 rings (SSSR count). The van der Waals surface area contributed by atoms with Gasteiger partial charge in [-0.1, -0.05) is 54.6 Å². The van der Waals surface area contributed by atoms with Crippen LogP contribution in [0.2, 0.25) is 0 Å². The van der Waals surface area contributed by atoms with Crippen LogP contribution >= 0.6 is 0 Å². The summed E-state index contributed by atoms with van der Waals surface area (Å²) in [5.74, 6) is -0.557. The summed E-state index contributed by atoms with van der Waals surface area (Å²) < 4.78 is 13.6. The second-order valence-electron chi connectivity index (χ2n) is 6.09. The molecule has 0 radical (unpaired) electrons. The molecule has 0 atom stereocenters. The molecule has 1 amide bonds. The van der Waals surface area contributed by atoms with Crippen molar-refractivity contribution < 1.29 is 9.18 Å². The van der Waals surface area contributed by atoms with E-state index in [0.717, 1.165) is 36.0 Å². The summed E-state index contributed by atoms with van der Waals surface area (Å²) in [7, 11) is 0. The zero-order chi connectivity index (χ0) is 17.6. The number of nitrogens with two attached hydrogens (primary N) is 1. The Labute approximate surface area is 147 Å². The van der Waals surface area contributed by atoms with E-state index in [1.807, 2.05) is 36.4 Å². The number of hydrogen-bond donors (Lipinski definition) is 1. The quantitative estimate of drug-likeness (QED) is 0.694. The number of carbonyl (C=O) groups excluding carboxylic acids is 1. The fourth-order valence-corrected chi connectivity index (χ4v) is 2.90. The third kappa shape index (κ3) is 4.32. The van der Waals surface area contributed by atoms with Crippen molar-refractivity contribution in [3.8, 4) is 11.1 Å². The maximum absolute atomic E-state index is 13.6. The molecule has 0 unspecified atom stereocenters. The van der Waals surface area contributed by atoms with E-state index < -0.39 is 5.91 Å². The summed E-state index contributed by atoms with van der Waals surface area (Å²) in [6.45, 7) is 0.